The fourth-order valence-corrected chi connectivity index (χ4v) is 4.52. The highest BCUT2D eigenvalue weighted by Crippen LogP contribution is 2.27. The van der Waals surface area contributed by atoms with E-state index >= 15 is 0 Å². The molecule has 5 rings (SSSR count). The second-order valence-electron chi connectivity index (χ2n) is 8.56. The van der Waals surface area contributed by atoms with Gasteiger partial charge in [-0.2, -0.15) is 0 Å². The number of aromatic nitrogens is 5. The molecule has 2 aromatic heterocycles. The monoisotopic (exact) mass is 498 g/mol. The van der Waals surface area contributed by atoms with Gasteiger partial charge in [-0.15, -0.1) is 5.10 Å². The van der Waals surface area contributed by atoms with Gasteiger partial charge in [0.15, 0.2) is 11.2 Å². The topological polar surface area (TPSA) is 96.8 Å². The summed E-state index contributed by atoms with van der Waals surface area (Å²) in [6.45, 7) is 1.29. The Labute approximate surface area is 203 Å². The molecule has 11 heteroatoms. The van der Waals surface area contributed by atoms with Gasteiger partial charge in [0.2, 0.25) is 5.91 Å². The lowest BCUT2D eigenvalue weighted by atomic mass is 9.95. The van der Waals surface area contributed by atoms with Crippen LogP contribution in [0, 0.1) is 11.6 Å². The molecule has 0 spiro atoms. The number of aromatic amines is 1. The van der Waals surface area contributed by atoms with Crippen molar-refractivity contribution in [2.75, 3.05) is 13.1 Å². The fraction of sp³-hybridized carbons (Fsp3) is 0.292. The number of amides is 1. The van der Waals surface area contributed by atoms with Crippen molar-refractivity contribution in [3.8, 4) is 0 Å². The number of hydrogen-bond donors (Lipinski definition) is 1. The van der Waals surface area contributed by atoms with E-state index in [9.17, 15) is 18.4 Å². The zero-order valence-corrected chi connectivity index (χ0v) is 19.3. The Hall–Kier alpha value is -3.66. The summed E-state index contributed by atoms with van der Waals surface area (Å²) in [5.41, 5.74) is 1.51. The van der Waals surface area contributed by atoms with Crippen LogP contribution in [0.4, 0.5) is 8.78 Å². The Morgan fingerprint density at radius 2 is 1.80 bits per heavy atom. The number of carbonyl (C=O) groups excluding carboxylic acids is 1. The molecule has 0 bridgehead atoms. The number of rotatable bonds is 5. The van der Waals surface area contributed by atoms with E-state index in [0.29, 0.717) is 49.5 Å². The number of nitrogens with one attached hydrogen (secondary N) is 1. The van der Waals surface area contributed by atoms with E-state index in [1.165, 1.54) is 35.0 Å². The van der Waals surface area contributed by atoms with Crippen LogP contribution in [-0.2, 0) is 17.8 Å². The molecule has 1 N–H and O–H groups in total. The van der Waals surface area contributed by atoms with Crippen LogP contribution < -0.4 is 5.56 Å². The number of hydrogen-bond acceptors (Lipinski definition) is 5. The lowest BCUT2D eigenvalue weighted by molar-refractivity contribution is -0.131. The van der Waals surface area contributed by atoms with Crippen LogP contribution in [0.3, 0.4) is 0 Å². The van der Waals surface area contributed by atoms with Gasteiger partial charge in [0.25, 0.3) is 5.56 Å². The molecule has 1 aliphatic heterocycles. The first-order chi connectivity index (χ1) is 16.9. The Morgan fingerprint density at radius 3 is 2.51 bits per heavy atom. The van der Waals surface area contributed by atoms with Crippen molar-refractivity contribution < 1.29 is 13.6 Å². The van der Waals surface area contributed by atoms with Gasteiger partial charge in [0, 0.05) is 24.0 Å². The minimum Gasteiger partial charge on any atom is -0.342 e. The molecular formula is C24H21ClF2N6O2. The summed E-state index contributed by atoms with van der Waals surface area (Å²) < 4.78 is 28.0. The second kappa shape index (κ2) is 9.53. The van der Waals surface area contributed by atoms with E-state index < -0.39 is 5.82 Å². The van der Waals surface area contributed by atoms with Crippen LogP contribution >= 0.6 is 11.6 Å². The average molecular weight is 499 g/mol. The molecule has 1 amide bonds. The first-order valence-electron chi connectivity index (χ1n) is 11.2. The maximum atomic E-state index is 13.3. The standard InChI is InChI=1S/C24H21ClF2N6O2/c25-19-12-18(27)6-3-16(19)11-20(34)32-9-7-15(8-10-32)22-28-23-21(24(35)29-22)30-31-33(23)13-14-1-4-17(26)5-2-14/h1-6,12,15H,7-11,13H2,(H,28,29,35). The third kappa shape index (κ3) is 4.93. The van der Waals surface area contributed by atoms with Gasteiger partial charge in [-0.25, -0.2) is 18.4 Å². The largest absolute Gasteiger partial charge is 0.342 e. The zero-order chi connectivity index (χ0) is 24.5. The molecule has 1 fully saturated rings. The molecule has 2 aromatic carbocycles. The zero-order valence-electron chi connectivity index (χ0n) is 18.5. The van der Waals surface area contributed by atoms with Crippen LogP contribution in [0.15, 0.2) is 47.3 Å². The SMILES string of the molecule is O=C(Cc1ccc(F)cc1Cl)N1CCC(c2nc3c(nnn3Cc3ccc(F)cc3)c(=O)[nH]2)CC1. The molecule has 3 heterocycles. The molecular weight excluding hydrogens is 478 g/mol. The van der Waals surface area contributed by atoms with Gasteiger partial charge >= 0.3 is 0 Å². The number of likely N-dealkylation sites (tertiary alicyclic amines) is 1. The van der Waals surface area contributed by atoms with Crippen LogP contribution in [0.2, 0.25) is 5.02 Å². The molecule has 0 radical (unpaired) electrons. The summed E-state index contributed by atoms with van der Waals surface area (Å²) >= 11 is 6.06. The summed E-state index contributed by atoms with van der Waals surface area (Å²) in [6, 6.07) is 10.0. The van der Waals surface area contributed by atoms with Crippen molar-refractivity contribution in [2.24, 2.45) is 0 Å². The third-order valence-corrected chi connectivity index (χ3v) is 6.58. The second-order valence-corrected chi connectivity index (χ2v) is 8.97. The molecule has 0 saturated carbocycles. The van der Waals surface area contributed by atoms with Crippen molar-refractivity contribution in [1.29, 1.82) is 0 Å². The number of nitrogens with zero attached hydrogens (tertiary/aromatic N) is 5. The Morgan fingerprint density at radius 1 is 1.09 bits per heavy atom. The van der Waals surface area contributed by atoms with E-state index in [1.54, 1.807) is 17.0 Å². The first kappa shape index (κ1) is 23.1. The summed E-state index contributed by atoms with van der Waals surface area (Å²) in [5.74, 6) is -0.381. The number of carbonyl (C=O) groups is 1. The lowest BCUT2D eigenvalue weighted by Gasteiger charge is -2.31. The third-order valence-electron chi connectivity index (χ3n) is 6.23. The molecule has 180 valence electrons. The highest BCUT2D eigenvalue weighted by Gasteiger charge is 2.27. The van der Waals surface area contributed by atoms with Crippen LogP contribution in [-0.4, -0.2) is 48.9 Å². The number of piperidine rings is 1. The Kier molecular flexibility index (Phi) is 6.29. The smallest absolute Gasteiger partial charge is 0.281 e. The number of fused-ring (bicyclic) bond motifs is 1. The van der Waals surface area contributed by atoms with Gasteiger partial charge in [-0.3, -0.25) is 9.59 Å². The number of H-pyrrole nitrogens is 1. The summed E-state index contributed by atoms with van der Waals surface area (Å²) in [7, 11) is 0. The summed E-state index contributed by atoms with van der Waals surface area (Å²) in [5, 5.41) is 8.23. The van der Waals surface area contributed by atoms with Crippen molar-refractivity contribution >= 4 is 28.7 Å². The molecule has 0 atom stereocenters. The van der Waals surface area contributed by atoms with Crippen molar-refractivity contribution in [3.63, 3.8) is 0 Å². The van der Waals surface area contributed by atoms with E-state index in [-0.39, 0.29) is 40.2 Å². The Balaban J connectivity index is 1.29. The van der Waals surface area contributed by atoms with Gasteiger partial charge in [0.1, 0.15) is 17.5 Å². The van der Waals surface area contributed by atoms with E-state index in [2.05, 4.69) is 20.3 Å². The molecule has 1 aliphatic rings. The molecule has 35 heavy (non-hydrogen) atoms. The quantitative estimate of drug-likeness (QED) is 0.454. The van der Waals surface area contributed by atoms with E-state index in [4.69, 9.17) is 11.6 Å². The highest BCUT2D eigenvalue weighted by molar-refractivity contribution is 6.31. The minimum absolute atomic E-state index is 0.0419. The molecule has 8 nitrogen and oxygen atoms in total. The van der Waals surface area contributed by atoms with Crippen molar-refractivity contribution in [2.45, 2.75) is 31.7 Å². The first-order valence-corrected chi connectivity index (χ1v) is 11.5. The number of halogens is 3. The van der Waals surface area contributed by atoms with Gasteiger partial charge in [-0.05, 0) is 48.2 Å². The number of benzene rings is 2. The lowest BCUT2D eigenvalue weighted by Crippen LogP contribution is -2.39. The van der Waals surface area contributed by atoms with Gasteiger partial charge in [-0.1, -0.05) is 35.0 Å². The minimum atomic E-state index is -0.445. The van der Waals surface area contributed by atoms with Crippen molar-refractivity contribution in [1.82, 2.24) is 29.9 Å². The van der Waals surface area contributed by atoms with Gasteiger partial charge < -0.3 is 9.88 Å². The van der Waals surface area contributed by atoms with E-state index in [1.807, 2.05) is 0 Å². The summed E-state index contributed by atoms with van der Waals surface area (Å²) in [4.78, 5) is 34.6. The normalized spacial score (nSPS) is 14.5. The molecule has 0 unspecified atom stereocenters. The molecule has 1 saturated heterocycles. The Bertz CT molecular complexity index is 1440. The fourth-order valence-electron chi connectivity index (χ4n) is 4.29. The predicted octanol–water partition coefficient (Wildman–Crippen LogP) is 3.44. The summed E-state index contributed by atoms with van der Waals surface area (Å²) in [6.07, 6.45) is 1.34. The maximum absolute atomic E-state index is 13.3. The predicted molar refractivity (Wildman–Crippen MR) is 125 cm³/mol. The maximum Gasteiger partial charge on any atom is 0.281 e. The average Bonchev–Trinajstić information content (AvgIpc) is 3.25. The van der Waals surface area contributed by atoms with Crippen LogP contribution in [0.25, 0.3) is 11.2 Å². The van der Waals surface area contributed by atoms with Crippen LogP contribution in [0.5, 0.6) is 0 Å². The van der Waals surface area contributed by atoms with Gasteiger partial charge in [0.05, 0.1) is 13.0 Å². The van der Waals surface area contributed by atoms with E-state index in [0.717, 1.165) is 5.56 Å². The van der Waals surface area contributed by atoms with Crippen molar-refractivity contribution in [3.05, 3.63) is 86.4 Å². The molecule has 0 aliphatic carbocycles. The highest BCUT2D eigenvalue weighted by atomic mass is 35.5. The van der Waals surface area contributed by atoms with Crippen LogP contribution in [0.1, 0.15) is 35.7 Å². The molecule has 4 aromatic rings.